The summed E-state index contributed by atoms with van der Waals surface area (Å²) in [6, 6.07) is 14.8. The largest absolute Gasteiger partial charge is 0.446 e. The smallest absolute Gasteiger partial charge is 0.233 e. The monoisotopic (exact) mass is 412 g/mol. The number of ether oxygens (including phenoxy) is 2. The molecule has 0 N–H and O–H groups in total. The minimum absolute atomic E-state index is 0.0188. The Labute approximate surface area is 168 Å². The molecular weight excluding hydrogens is 402 g/mol. The van der Waals surface area contributed by atoms with Crippen molar-refractivity contribution in [3.8, 4) is 11.5 Å². The van der Waals surface area contributed by atoms with E-state index in [0.29, 0.717) is 0 Å². The first-order chi connectivity index (χ1) is 14.0. The van der Waals surface area contributed by atoms with Crippen LogP contribution in [0.2, 0.25) is 5.02 Å². The summed E-state index contributed by atoms with van der Waals surface area (Å²) in [5.74, 6) is -4.62. The number of ketones is 2. The standard InChI is InChI=1S/C22H11ClF2O4/c23-12-9-10-13-14(11-12)20(27)22(29-18-8-4-2-6-16(18)25)21(19(13)26)28-17-7-3-1-5-15(17)24/h1-11H. The Kier molecular flexibility index (Phi) is 4.86. The third-order valence-electron chi connectivity index (χ3n) is 4.19. The van der Waals surface area contributed by atoms with Crippen LogP contribution in [0.3, 0.4) is 0 Å². The van der Waals surface area contributed by atoms with Gasteiger partial charge in [0.1, 0.15) is 0 Å². The van der Waals surface area contributed by atoms with Crippen LogP contribution in [0.1, 0.15) is 20.7 Å². The fraction of sp³-hybridized carbons (Fsp3) is 0. The van der Waals surface area contributed by atoms with Gasteiger partial charge in [0.25, 0.3) is 0 Å². The van der Waals surface area contributed by atoms with Crippen molar-refractivity contribution in [2.24, 2.45) is 0 Å². The van der Waals surface area contributed by atoms with Crippen molar-refractivity contribution in [1.82, 2.24) is 0 Å². The van der Waals surface area contributed by atoms with Gasteiger partial charge in [0.15, 0.2) is 23.1 Å². The van der Waals surface area contributed by atoms with Crippen LogP contribution in [0.5, 0.6) is 11.5 Å². The van der Waals surface area contributed by atoms with E-state index >= 15 is 0 Å². The molecule has 0 atom stereocenters. The summed E-state index contributed by atoms with van der Waals surface area (Å²) in [4.78, 5) is 26.0. The molecule has 0 spiro atoms. The van der Waals surface area contributed by atoms with Crippen LogP contribution >= 0.6 is 11.6 Å². The van der Waals surface area contributed by atoms with Crippen molar-refractivity contribution in [3.05, 3.63) is 106 Å². The Morgan fingerprint density at radius 1 is 0.655 bits per heavy atom. The van der Waals surface area contributed by atoms with Crippen molar-refractivity contribution >= 4 is 23.2 Å². The van der Waals surface area contributed by atoms with Gasteiger partial charge in [0.2, 0.25) is 23.1 Å². The predicted octanol–water partition coefficient (Wildman–Crippen LogP) is 5.37. The number of rotatable bonds is 4. The second-order valence-corrected chi connectivity index (χ2v) is 6.51. The minimum atomic E-state index is -0.748. The van der Waals surface area contributed by atoms with E-state index in [2.05, 4.69) is 0 Å². The molecule has 0 unspecified atom stereocenters. The Morgan fingerprint density at radius 2 is 1.14 bits per heavy atom. The molecule has 0 aromatic heterocycles. The van der Waals surface area contributed by atoms with Crippen LogP contribution in [-0.4, -0.2) is 11.6 Å². The summed E-state index contributed by atoms with van der Waals surface area (Å²) in [7, 11) is 0. The Bertz CT molecular complexity index is 1190. The molecule has 1 aliphatic rings. The quantitative estimate of drug-likeness (QED) is 0.578. The lowest BCUT2D eigenvalue weighted by molar-refractivity contribution is 0.0894. The number of halogens is 3. The molecule has 0 heterocycles. The lowest BCUT2D eigenvalue weighted by Crippen LogP contribution is -2.28. The maximum atomic E-state index is 14.1. The summed E-state index contributed by atoms with van der Waals surface area (Å²) in [6.45, 7) is 0. The van der Waals surface area contributed by atoms with Crippen LogP contribution in [0.4, 0.5) is 8.78 Å². The van der Waals surface area contributed by atoms with Crippen molar-refractivity contribution in [2.45, 2.75) is 0 Å². The zero-order chi connectivity index (χ0) is 20.5. The van der Waals surface area contributed by atoms with E-state index in [0.717, 1.165) is 12.1 Å². The highest BCUT2D eigenvalue weighted by atomic mass is 35.5. The first-order valence-electron chi connectivity index (χ1n) is 8.43. The molecule has 0 fully saturated rings. The molecule has 4 rings (SSSR count). The maximum Gasteiger partial charge on any atom is 0.233 e. The highest BCUT2D eigenvalue weighted by Gasteiger charge is 2.37. The summed E-state index contributed by atoms with van der Waals surface area (Å²) >= 11 is 5.95. The molecule has 1 aliphatic carbocycles. The number of carbonyl (C=O) groups is 2. The second-order valence-electron chi connectivity index (χ2n) is 6.07. The number of hydrogen-bond donors (Lipinski definition) is 0. The molecule has 0 aliphatic heterocycles. The Morgan fingerprint density at radius 3 is 1.66 bits per heavy atom. The van der Waals surface area contributed by atoms with Crippen molar-refractivity contribution in [3.63, 3.8) is 0 Å². The summed E-state index contributed by atoms with van der Waals surface area (Å²) < 4.78 is 39.0. The molecule has 29 heavy (non-hydrogen) atoms. The molecule has 3 aromatic carbocycles. The van der Waals surface area contributed by atoms with E-state index in [4.69, 9.17) is 21.1 Å². The predicted molar refractivity (Wildman–Crippen MR) is 101 cm³/mol. The minimum Gasteiger partial charge on any atom is -0.446 e. The summed E-state index contributed by atoms with van der Waals surface area (Å²) in [5, 5.41) is 0.230. The average molecular weight is 413 g/mol. The van der Waals surface area contributed by atoms with Gasteiger partial charge in [-0.2, -0.15) is 0 Å². The maximum absolute atomic E-state index is 14.1. The van der Waals surface area contributed by atoms with E-state index in [1.165, 1.54) is 54.6 Å². The van der Waals surface area contributed by atoms with Crippen LogP contribution in [0.25, 0.3) is 0 Å². The number of carbonyl (C=O) groups excluding carboxylic acids is 2. The van der Waals surface area contributed by atoms with E-state index in [1.807, 2.05) is 0 Å². The van der Waals surface area contributed by atoms with Crippen LogP contribution in [-0.2, 0) is 0 Å². The van der Waals surface area contributed by atoms with Crippen molar-refractivity contribution in [2.75, 3.05) is 0 Å². The zero-order valence-corrected chi connectivity index (χ0v) is 15.4. The molecule has 0 radical (unpaired) electrons. The molecule has 0 amide bonds. The third-order valence-corrected chi connectivity index (χ3v) is 4.42. The number of Topliss-reactive ketones (excluding diaryl/α,β-unsaturated/α-hetero) is 2. The third kappa shape index (κ3) is 3.50. The van der Waals surface area contributed by atoms with Crippen molar-refractivity contribution in [1.29, 1.82) is 0 Å². The normalized spacial score (nSPS) is 13.3. The zero-order valence-electron chi connectivity index (χ0n) is 14.6. The molecule has 144 valence electrons. The highest BCUT2D eigenvalue weighted by Crippen LogP contribution is 2.33. The van der Waals surface area contributed by atoms with Gasteiger partial charge >= 0.3 is 0 Å². The first-order valence-corrected chi connectivity index (χ1v) is 8.81. The second kappa shape index (κ2) is 7.48. The number of hydrogen-bond acceptors (Lipinski definition) is 4. The van der Waals surface area contributed by atoms with Gasteiger partial charge in [0, 0.05) is 16.1 Å². The van der Waals surface area contributed by atoms with Gasteiger partial charge in [-0.3, -0.25) is 9.59 Å². The molecule has 4 nitrogen and oxygen atoms in total. The Hall–Kier alpha value is -3.51. The Balaban J connectivity index is 1.87. The van der Waals surface area contributed by atoms with Crippen LogP contribution in [0.15, 0.2) is 78.2 Å². The van der Waals surface area contributed by atoms with Crippen LogP contribution in [0, 0.1) is 11.6 Å². The lowest BCUT2D eigenvalue weighted by atomic mass is 9.92. The number of fused-ring (bicyclic) bond motifs is 1. The average Bonchev–Trinajstić information content (AvgIpc) is 2.71. The van der Waals surface area contributed by atoms with E-state index in [9.17, 15) is 18.4 Å². The van der Waals surface area contributed by atoms with Gasteiger partial charge in [-0.15, -0.1) is 0 Å². The van der Waals surface area contributed by atoms with E-state index in [-0.39, 0.29) is 27.6 Å². The SMILES string of the molecule is O=C1C(Oc2ccccc2F)=C(Oc2ccccc2F)C(=O)c2cc(Cl)ccc21. The van der Waals surface area contributed by atoms with Gasteiger partial charge in [-0.1, -0.05) is 35.9 Å². The van der Waals surface area contributed by atoms with Gasteiger partial charge in [0.05, 0.1) is 0 Å². The van der Waals surface area contributed by atoms with Gasteiger partial charge in [-0.05, 0) is 42.5 Å². The number of benzene rings is 3. The summed E-state index contributed by atoms with van der Waals surface area (Å²) in [5.41, 5.74) is 0.00125. The van der Waals surface area contributed by atoms with E-state index < -0.39 is 34.7 Å². The molecule has 0 bridgehead atoms. The van der Waals surface area contributed by atoms with E-state index in [1.54, 1.807) is 0 Å². The van der Waals surface area contributed by atoms with Crippen LogP contribution < -0.4 is 9.47 Å². The number of para-hydroxylation sites is 2. The highest BCUT2D eigenvalue weighted by molar-refractivity contribution is 6.32. The molecule has 0 saturated carbocycles. The van der Waals surface area contributed by atoms with Gasteiger partial charge in [-0.25, -0.2) is 8.78 Å². The fourth-order valence-electron chi connectivity index (χ4n) is 2.81. The molecule has 3 aromatic rings. The fourth-order valence-corrected chi connectivity index (χ4v) is 2.99. The lowest BCUT2D eigenvalue weighted by Gasteiger charge is -2.21. The van der Waals surface area contributed by atoms with Crippen molar-refractivity contribution < 1.29 is 27.8 Å². The molecular formula is C22H11ClF2O4. The first kappa shape index (κ1) is 18.8. The topological polar surface area (TPSA) is 52.6 Å². The number of allylic oxidation sites excluding steroid dienone is 2. The molecule has 7 heteroatoms. The summed E-state index contributed by atoms with van der Waals surface area (Å²) in [6.07, 6.45) is 0. The van der Waals surface area contributed by atoms with Gasteiger partial charge < -0.3 is 9.47 Å². The molecule has 0 saturated heterocycles.